The number of imide groups is 1. The number of amides is 4. The fourth-order valence-electron chi connectivity index (χ4n) is 5.84. The lowest BCUT2D eigenvalue weighted by molar-refractivity contribution is -0.144. The van der Waals surface area contributed by atoms with Crippen LogP contribution in [-0.2, 0) is 38.3 Å². The van der Waals surface area contributed by atoms with E-state index in [4.69, 9.17) is 0 Å². The largest absolute Gasteiger partial charge is 0.433 e. The third kappa shape index (κ3) is 4.74. The Morgan fingerprint density at radius 2 is 1.80 bits per heavy atom. The molecular weight excluding hydrogens is 583 g/mol. The van der Waals surface area contributed by atoms with Gasteiger partial charge in [-0.25, -0.2) is 4.98 Å². The van der Waals surface area contributed by atoms with Crippen molar-refractivity contribution in [1.29, 1.82) is 0 Å². The van der Waals surface area contributed by atoms with Crippen LogP contribution in [0.15, 0.2) is 24.4 Å². The quantitative estimate of drug-likeness (QED) is 0.429. The average molecular weight is 608 g/mol. The van der Waals surface area contributed by atoms with Crippen molar-refractivity contribution in [2.45, 2.75) is 46.0 Å². The van der Waals surface area contributed by atoms with Crippen LogP contribution >= 0.6 is 23.7 Å². The van der Waals surface area contributed by atoms with Gasteiger partial charge < -0.3 is 10.6 Å². The lowest BCUT2D eigenvalue weighted by atomic mass is 9.94. The monoisotopic (exact) mass is 607 g/mol. The predicted molar refractivity (Wildman–Crippen MR) is 145 cm³/mol. The highest BCUT2D eigenvalue weighted by Gasteiger charge is 2.72. The van der Waals surface area contributed by atoms with Crippen LogP contribution < -0.4 is 10.6 Å². The van der Waals surface area contributed by atoms with E-state index in [9.17, 15) is 32.3 Å². The van der Waals surface area contributed by atoms with Gasteiger partial charge in [-0.3, -0.25) is 29.1 Å². The Kier molecular flexibility index (Phi) is 6.89. The summed E-state index contributed by atoms with van der Waals surface area (Å²) in [7, 11) is 0. The SMILES string of the molecule is Cc1cc(C(F)(F)F)nc(-c2ccnc3cc(CN4C(=O)C5C(C4=O)C5(C)C)sc23)c1CC1NC(=O)CNC1=O.Cl. The van der Waals surface area contributed by atoms with Gasteiger partial charge in [0, 0.05) is 23.1 Å². The van der Waals surface area contributed by atoms with Crippen molar-refractivity contribution in [2.24, 2.45) is 17.3 Å². The molecule has 3 aliphatic rings. The minimum atomic E-state index is -4.72. The number of halogens is 4. The number of piperazine rings is 1. The summed E-state index contributed by atoms with van der Waals surface area (Å²) in [5, 5.41) is 5.07. The van der Waals surface area contributed by atoms with E-state index in [1.54, 1.807) is 12.1 Å². The highest BCUT2D eigenvalue weighted by Crippen LogP contribution is 2.63. The summed E-state index contributed by atoms with van der Waals surface area (Å²) >= 11 is 1.22. The molecule has 3 unspecified atom stereocenters. The van der Waals surface area contributed by atoms with Crippen molar-refractivity contribution in [3.8, 4) is 11.3 Å². The van der Waals surface area contributed by atoms with Gasteiger partial charge >= 0.3 is 6.18 Å². The highest BCUT2D eigenvalue weighted by atomic mass is 35.5. The third-order valence-electron chi connectivity index (χ3n) is 8.04. The fourth-order valence-corrected chi connectivity index (χ4v) is 6.96. The first-order chi connectivity index (χ1) is 18.8. The number of fused-ring (bicyclic) bond motifs is 2. The molecule has 9 nitrogen and oxygen atoms in total. The number of piperidine rings is 1. The number of rotatable bonds is 5. The van der Waals surface area contributed by atoms with E-state index in [1.807, 2.05) is 13.8 Å². The number of pyridine rings is 2. The van der Waals surface area contributed by atoms with E-state index < -0.39 is 29.7 Å². The molecule has 14 heteroatoms. The van der Waals surface area contributed by atoms with Gasteiger partial charge in [-0.1, -0.05) is 13.8 Å². The number of nitrogens with one attached hydrogen (secondary N) is 2. The van der Waals surface area contributed by atoms with Crippen LogP contribution in [0.3, 0.4) is 0 Å². The molecule has 0 aromatic carbocycles. The zero-order valence-electron chi connectivity index (χ0n) is 22.1. The van der Waals surface area contributed by atoms with Gasteiger partial charge in [-0.05, 0) is 41.7 Å². The second-order valence-electron chi connectivity index (χ2n) is 11.0. The van der Waals surface area contributed by atoms with Gasteiger partial charge in [0.05, 0.1) is 40.8 Å². The van der Waals surface area contributed by atoms with E-state index in [1.165, 1.54) is 29.4 Å². The molecule has 3 fully saturated rings. The van der Waals surface area contributed by atoms with E-state index >= 15 is 0 Å². The van der Waals surface area contributed by atoms with Gasteiger partial charge in [0.25, 0.3) is 0 Å². The Morgan fingerprint density at radius 1 is 1.12 bits per heavy atom. The zero-order chi connectivity index (χ0) is 28.7. The summed E-state index contributed by atoms with van der Waals surface area (Å²) in [5.74, 6) is -1.90. The van der Waals surface area contributed by atoms with E-state index in [0.717, 1.165) is 6.07 Å². The van der Waals surface area contributed by atoms with Gasteiger partial charge in [-0.15, -0.1) is 23.7 Å². The van der Waals surface area contributed by atoms with Crippen molar-refractivity contribution in [2.75, 3.05) is 6.54 Å². The van der Waals surface area contributed by atoms with Crippen molar-refractivity contribution in [3.05, 3.63) is 46.1 Å². The molecule has 2 N–H and O–H groups in total. The van der Waals surface area contributed by atoms with Crippen molar-refractivity contribution < 1.29 is 32.3 Å². The van der Waals surface area contributed by atoms with Crippen LogP contribution in [0, 0.1) is 24.2 Å². The molecule has 1 aliphatic carbocycles. The third-order valence-corrected chi connectivity index (χ3v) is 9.19. The minimum absolute atomic E-state index is 0. The molecule has 4 amide bonds. The lowest BCUT2D eigenvalue weighted by Gasteiger charge is -2.25. The molecular formula is C27H25ClF3N5O4S. The first-order valence-electron chi connectivity index (χ1n) is 12.6. The van der Waals surface area contributed by atoms with Crippen LogP contribution in [0.5, 0.6) is 0 Å². The molecule has 0 radical (unpaired) electrons. The number of carbonyl (C=O) groups excluding carboxylic acids is 4. The Morgan fingerprint density at radius 3 is 2.46 bits per heavy atom. The summed E-state index contributed by atoms with van der Waals surface area (Å²) in [6.45, 7) is 5.19. The van der Waals surface area contributed by atoms with Crippen LogP contribution in [0.4, 0.5) is 13.2 Å². The summed E-state index contributed by atoms with van der Waals surface area (Å²) in [6, 6.07) is 3.22. The number of aromatic nitrogens is 2. The first-order valence-corrected chi connectivity index (χ1v) is 13.5. The van der Waals surface area contributed by atoms with Gasteiger partial charge in [0.2, 0.25) is 23.6 Å². The Balaban J connectivity index is 0.00000337. The molecule has 0 bridgehead atoms. The molecule has 2 aliphatic heterocycles. The predicted octanol–water partition coefficient (Wildman–Crippen LogP) is 3.41. The normalized spacial score (nSPS) is 23.3. The molecule has 41 heavy (non-hydrogen) atoms. The molecule has 216 valence electrons. The zero-order valence-corrected chi connectivity index (χ0v) is 23.7. The Bertz CT molecular complexity index is 1610. The van der Waals surface area contributed by atoms with Crippen LogP contribution in [0.2, 0.25) is 0 Å². The van der Waals surface area contributed by atoms with Gasteiger partial charge in [0.1, 0.15) is 11.7 Å². The van der Waals surface area contributed by atoms with Gasteiger partial charge in [0.15, 0.2) is 0 Å². The lowest BCUT2D eigenvalue weighted by Crippen LogP contribution is -2.57. The Labute approximate surface area is 242 Å². The smallest absolute Gasteiger partial charge is 0.345 e. The topological polar surface area (TPSA) is 121 Å². The number of likely N-dealkylation sites (tertiary alicyclic amines) is 1. The maximum atomic E-state index is 13.8. The number of hydrogen-bond donors (Lipinski definition) is 2. The standard InChI is InChI=1S/C27H24F3N5O4S.ClH/c1-11-6-17(27(28,29)30)34-21(14(11)8-16-23(37)32-9-18(36)33-16)13-4-5-31-15-7-12(40-22(13)15)10-35-24(38)19-20(25(35)39)26(19,2)3;/h4-7,16,19-20H,8-10H2,1-3H3,(H,32,37)(H,33,36);1H. The molecule has 0 spiro atoms. The molecule has 2 saturated heterocycles. The highest BCUT2D eigenvalue weighted by molar-refractivity contribution is 7.19. The minimum Gasteiger partial charge on any atom is -0.345 e. The Hall–Kier alpha value is -3.58. The number of thiophene rings is 1. The number of hydrogen-bond acceptors (Lipinski definition) is 7. The number of alkyl halides is 3. The van der Waals surface area contributed by atoms with Crippen LogP contribution in [0.25, 0.3) is 21.5 Å². The van der Waals surface area contributed by atoms with Crippen molar-refractivity contribution in [3.63, 3.8) is 0 Å². The first kappa shape index (κ1) is 28.9. The second-order valence-corrected chi connectivity index (χ2v) is 12.2. The number of carbonyl (C=O) groups is 4. The van der Waals surface area contributed by atoms with Crippen LogP contribution in [0.1, 0.15) is 35.5 Å². The maximum Gasteiger partial charge on any atom is 0.433 e. The maximum absolute atomic E-state index is 13.8. The molecule has 6 rings (SSSR count). The summed E-state index contributed by atoms with van der Waals surface area (Å²) in [4.78, 5) is 60.3. The van der Waals surface area contributed by atoms with Crippen molar-refractivity contribution >= 4 is 57.6 Å². The second kappa shape index (κ2) is 9.76. The summed E-state index contributed by atoms with van der Waals surface area (Å²) < 4.78 is 42.0. The molecule has 1 saturated carbocycles. The molecule has 5 heterocycles. The fraction of sp³-hybridized carbons (Fsp3) is 0.407. The molecule has 3 aromatic heterocycles. The van der Waals surface area contributed by atoms with Gasteiger partial charge in [-0.2, -0.15) is 13.2 Å². The molecule has 3 atom stereocenters. The van der Waals surface area contributed by atoms with E-state index in [0.29, 0.717) is 26.2 Å². The van der Waals surface area contributed by atoms with E-state index in [-0.39, 0.29) is 72.2 Å². The van der Waals surface area contributed by atoms with E-state index in [2.05, 4.69) is 20.6 Å². The van der Waals surface area contributed by atoms with Crippen LogP contribution in [-0.4, -0.2) is 51.1 Å². The number of nitrogens with zero attached hydrogens (tertiary/aromatic N) is 3. The summed E-state index contributed by atoms with van der Waals surface area (Å²) in [6.07, 6.45) is -3.33. The summed E-state index contributed by atoms with van der Waals surface area (Å²) in [5.41, 5.74) is 0.101. The van der Waals surface area contributed by atoms with Crippen molar-refractivity contribution in [1.82, 2.24) is 25.5 Å². The molecule has 3 aromatic rings. The average Bonchev–Trinajstić information content (AvgIpc) is 3.12. The number of aryl methyl sites for hydroxylation is 1.